The van der Waals surface area contributed by atoms with Crippen molar-refractivity contribution in [3.8, 4) is 0 Å². The van der Waals surface area contributed by atoms with Crippen LogP contribution < -0.4 is 0 Å². The number of aliphatic hydroxyl groups is 1. The van der Waals surface area contributed by atoms with Crippen molar-refractivity contribution in [3.63, 3.8) is 0 Å². The number of benzene rings is 1. The van der Waals surface area contributed by atoms with Crippen LogP contribution in [0.25, 0.3) is 0 Å². The summed E-state index contributed by atoms with van der Waals surface area (Å²) < 4.78 is 28.1. The van der Waals surface area contributed by atoms with Gasteiger partial charge in [-0.2, -0.15) is 0 Å². The first kappa shape index (κ1) is 16.4. The van der Waals surface area contributed by atoms with Gasteiger partial charge >= 0.3 is 0 Å². The number of hydrogen-bond acceptors (Lipinski definition) is 2. The molecule has 1 aromatic rings. The van der Waals surface area contributed by atoms with E-state index in [4.69, 9.17) is 5.11 Å². The molecule has 0 atom stereocenters. The zero-order valence-corrected chi connectivity index (χ0v) is 13.2. The molecule has 0 bridgehead atoms. The van der Waals surface area contributed by atoms with Gasteiger partial charge in [0.05, 0.1) is 6.61 Å². The number of rotatable bonds is 4. The molecule has 2 rings (SSSR count). The Bertz CT molecular complexity index is 495. The molecule has 1 aliphatic carbocycles. The summed E-state index contributed by atoms with van der Waals surface area (Å²) in [7, 11) is 0. The van der Waals surface area contributed by atoms with Gasteiger partial charge in [-0.15, -0.1) is 0 Å². The molecule has 0 aliphatic heterocycles. The van der Waals surface area contributed by atoms with E-state index in [1.54, 1.807) is 0 Å². The number of halogens is 3. The Morgan fingerprint density at radius 3 is 2.33 bits per heavy atom. The first-order valence-electron chi connectivity index (χ1n) is 7.11. The van der Waals surface area contributed by atoms with Gasteiger partial charge in [0.25, 0.3) is 5.91 Å². The van der Waals surface area contributed by atoms with E-state index in [-0.39, 0.29) is 23.7 Å². The van der Waals surface area contributed by atoms with E-state index in [2.05, 4.69) is 15.9 Å². The molecule has 6 heteroatoms. The van der Waals surface area contributed by atoms with E-state index in [1.165, 1.54) is 4.90 Å². The zero-order valence-electron chi connectivity index (χ0n) is 11.6. The van der Waals surface area contributed by atoms with Crippen LogP contribution in [0, 0.1) is 11.6 Å². The highest BCUT2D eigenvalue weighted by atomic mass is 79.9. The van der Waals surface area contributed by atoms with Crippen molar-refractivity contribution in [2.24, 2.45) is 0 Å². The Kier molecular flexibility index (Phi) is 5.70. The Hall–Kier alpha value is -1.01. The zero-order chi connectivity index (χ0) is 15.4. The first-order valence-corrected chi connectivity index (χ1v) is 7.90. The Morgan fingerprint density at radius 2 is 1.81 bits per heavy atom. The Balaban J connectivity index is 2.29. The highest BCUT2D eigenvalue weighted by Crippen LogP contribution is 2.26. The number of carbonyl (C=O) groups excluding carboxylic acids is 1. The molecule has 1 aromatic carbocycles. The Labute approximate surface area is 131 Å². The lowest BCUT2D eigenvalue weighted by Crippen LogP contribution is -2.43. The maximum atomic E-state index is 13.9. The minimum atomic E-state index is -0.884. The summed E-state index contributed by atoms with van der Waals surface area (Å²) in [6, 6.07) is 2.10. The van der Waals surface area contributed by atoms with Gasteiger partial charge in [-0.1, -0.05) is 35.2 Å². The van der Waals surface area contributed by atoms with Crippen LogP contribution in [0.2, 0.25) is 0 Å². The van der Waals surface area contributed by atoms with Crippen molar-refractivity contribution < 1.29 is 18.7 Å². The number of hydrogen-bond donors (Lipinski definition) is 1. The fourth-order valence-electron chi connectivity index (χ4n) is 2.84. The molecule has 0 aromatic heterocycles. The largest absolute Gasteiger partial charge is 0.395 e. The van der Waals surface area contributed by atoms with Crippen molar-refractivity contribution in [1.29, 1.82) is 0 Å². The van der Waals surface area contributed by atoms with Crippen LogP contribution in [0.1, 0.15) is 42.5 Å². The van der Waals surface area contributed by atoms with Crippen LogP contribution in [0.5, 0.6) is 0 Å². The first-order chi connectivity index (χ1) is 10.0. The molecule has 0 heterocycles. The summed E-state index contributed by atoms with van der Waals surface area (Å²) in [5.74, 6) is -2.45. The lowest BCUT2D eigenvalue weighted by molar-refractivity contribution is 0.0575. The number of nitrogens with zero attached hydrogens (tertiary/aromatic N) is 1. The topological polar surface area (TPSA) is 40.5 Å². The molecule has 0 saturated heterocycles. The average molecular weight is 362 g/mol. The molecule has 0 unspecified atom stereocenters. The minimum Gasteiger partial charge on any atom is -0.395 e. The Morgan fingerprint density at radius 1 is 1.24 bits per heavy atom. The second-order valence-corrected chi connectivity index (χ2v) is 6.17. The van der Waals surface area contributed by atoms with E-state index >= 15 is 0 Å². The monoisotopic (exact) mass is 361 g/mol. The summed E-state index contributed by atoms with van der Waals surface area (Å²) in [5.41, 5.74) is -0.544. The second kappa shape index (κ2) is 7.31. The molecule has 1 aliphatic rings. The van der Waals surface area contributed by atoms with Crippen molar-refractivity contribution in [2.45, 2.75) is 38.1 Å². The maximum absolute atomic E-state index is 13.9. The van der Waals surface area contributed by atoms with Gasteiger partial charge in [0.1, 0.15) is 17.2 Å². The van der Waals surface area contributed by atoms with Gasteiger partial charge < -0.3 is 10.0 Å². The smallest absolute Gasteiger partial charge is 0.260 e. The normalized spacial score (nSPS) is 16.0. The lowest BCUT2D eigenvalue weighted by atomic mass is 9.93. The molecule has 1 fully saturated rings. The van der Waals surface area contributed by atoms with Crippen molar-refractivity contribution in [3.05, 3.63) is 33.8 Å². The molecular weight excluding hydrogens is 344 g/mol. The SMILES string of the molecule is O=C(c1c(F)cc(Br)cc1F)N(CCO)C1CCCCC1. The summed E-state index contributed by atoms with van der Waals surface area (Å²) in [5, 5.41) is 9.16. The minimum absolute atomic E-state index is 0.0548. The van der Waals surface area contributed by atoms with Crippen LogP contribution in [0.15, 0.2) is 16.6 Å². The lowest BCUT2D eigenvalue weighted by Gasteiger charge is -2.34. The third-order valence-corrected chi connectivity index (χ3v) is 4.30. The summed E-state index contributed by atoms with van der Waals surface area (Å²) in [6.45, 7) is -0.125. The summed E-state index contributed by atoms with van der Waals surface area (Å²) >= 11 is 3.00. The van der Waals surface area contributed by atoms with Crippen LogP contribution in [-0.4, -0.2) is 35.1 Å². The fourth-order valence-corrected chi connectivity index (χ4v) is 3.24. The third kappa shape index (κ3) is 3.80. The fraction of sp³-hybridized carbons (Fsp3) is 0.533. The highest BCUT2D eigenvalue weighted by molar-refractivity contribution is 9.10. The molecule has 21 heavy (non-hydrogen) atoms. The van der Waals surface area contributed by atoms with Gasteiger partial charge in [-0.25, -0.2) is 8.78 Å². The van der Waals surface area contributed by atoms with Crippen LogP contribution in [-0.2, 0) is 0 Å². The highest BCUT2D eigenvalue weighted by Gasteiger charge is 2.29. The van der Waals surface area contributed by atoms with Crippen molar-refractivity contribution >= 4 is 21.8 Å². The summed E-state index contributed by atoms with van der Waals surface area (Å²) in [4.78, 5) is 13.9. The van der Waals surface area contributed by atoms with Crippen LogP contribution >= 0.6 is 15.9 Å². The average Bonchev–Trinajstić information content (AvgIpc) is 2.44. The number of carbonyl (C=O) groups is 1. The van der Waals surface area contributed by atoms with E-state index in [0.717, 1.165) is 44.2 Å². The molecule has 116 valence electrons. The van der Waals surface area contributed by atoms with E-state index in [0.29, 0.717) is 0 Å². The number of aliphatic hydroxyl groups excluding tert-OH is 1. The third-order valence-electron chi connectivity index (χ3n) is 3.84. The molecule has 0 spiro atoms. The summed E-state index contributed by atoms with van der Waals surface area (Å²) in [6.07, 6.45) is 4.71. The molecule has 1 saturated carbocycles. The molecule has 1 amide bonds. The van der Waals surface area contributed by atoms with Gasteiger partial charge in [0.15, 0.2) is 0 Å². The van der Waals surface area contributed by atoms with Crippen LogP contribution in [0.4, 0.5) is 8.78 Å². The van der Waals surface area contributed by atoms with Crippen molar-refractivity contribution in [2.75, 3.05) is 13.2 Å². The number of amides is 1. The van der Waals surface area contributed by atoms with E-state index in [9.17, 15) is 13.6 Å². The van der Waals surface area contributed by atoms with E-state index in [1.807, 2.05) is 0 Å². The van der Waals surface area contributed by atoms with Crippen LogP contribution in [0.3, 0.4) is 0 Å². The van der Waals surface area contributed by atoms with Gasteiger partial charge in [0, 0.05) is 17.1 Å². The van der Waals surface area contributed by atoms with Crippen molar-refractivity contribution in [1.82, 2.24) is 4.90 Å². The predicted octanol–water partition coefficient (Wildman–Crippen LogP) is 3.49. The molecular formula is C15H18BrF2NO2. The maximum Gasteiger partial charge on any atom is 0.260 e. The second-order valence-electron chi connectivity index (χ2n) is 5.26. The standard InChI is InChI=1S/C15H18BrF2NO2/c16-10-8-12(17)14(13(18)9-10)15(21)19(6-7-20)11-4-2-1-3-5-11/h8-9,11,20H,1-7H2. The van der Waals surface area contributed by atoms with Gasteiger partial charge in [0.2, 0.25) is 0 Å². The van der Waals surface area contributed by atoms with Gasteiger partial charge in [-0.3, -0.25) is 4.79 Å². The molecule has 3 nitrogen and oxygen atoms in total. The van der Waals surface area contributed by atoms with Gasteiger partial charge in [-0.05, 0) is 25.0 Å². The predicted molar refractivity (Wildman–Crippen MR) is 79.1 cm³/mol. The molecule has 0 radical (unpaired) electrons. The van der Waals surface area contributed by atoms with E-state index < -0.39 is 23.1 Å². The molecule has 1 N–H and O–H groups in total. The quantitative estimate of drug-likeness (QED) is 0.891.